The van der Waals surface area contributed by atoms with Crippen molar-refractivity contribution in [3.8, 4) is 5.69 Å². The van der Waals surface area contributed by atoms with E-state index < -0.39 is 15.8 Å². The third-order valence-electron chi connectivity index (χ3n) is 4.75. The maximum Gasteiger partial charge on any atom is 0.244 e. The summed E-state index contributed by atoms with van der Waals surface area (Å²) < 4.78 is 43.1. The summed E-state index contributed by atoms with van der Waals surface area (Å²) in [4.78, 5) is 0.00464. The van der Waals surface area contributed by atoms with Gasteiger partial charge in [-0.1, -0.05) is 31.4 Å². The highest BCUT2D eigenvalue weighted by molar-refractivity contribution is 7.89. The van der Waals surface area contributed by atoms with E-state index in [-0.39, 0.29) is 29.1 Å². The second kappa shape index (κ2) is 7.63. The minimum Gasteiger partial charge on any atom is -0.329 e. The Morgan fingerprint density at radius 1 is 1.28 bits per heavy atom. The van der Waals surface area contributed by atoms with E-state index in [2.05, 4.69) is 9.82 Å². The summed E-state index contributed by atoms with van der Waals surface area (Å²) in [5, 5.41) is 3.99. The summed E-state index contributed by atoms with van der Waals surface area (Å²) >= 11 is 0. The van der Waals surface area contributed by atoms with Crippen LogP contribution in [-0.2, 0) is 10.0 Å². The molecule has 1 fully saturated rings. The molecule has 25 heavy (non-hydrogen) atoms. The van der Waals surface area contributed by atoms with E-state index in [1.807, 2.05) is 0 Å². The summed E-state index contributed by atoms with van der Waals surface area (Å²) in [5.41, 5.74) is 6.01. The third kappa shape index (κ3) is 4.08. The molecule has 0 spiro atoms. The van der Waals surface area contributed by atoms with Crippen molar-refractivity contribution >= 4 is 10.0 Å². The molecule has 0 saturated heterocycles. The summed E-state index contributed by atoms with van der Waals surface area (Å²) in [7, 11) is -3.76. The number of halogens is 1. The predicted octanol–water partition coefficient (Wildman–Crippen LogP) is 2.20. The molecular formula is C17H23FN4O2S. The Balaban J connectivity index is 1.79. The molecule has 2 aromatic rings. The van der Waals surface area contributed by atoms with Crippen LogP contribution < -0.4 is 10.5 Å². The van der Waals surface area contributed by atoms with Crippen molar-refractivity contribution in [1.82, 2.24) is 14.5 Å². The van der Waals surface area contributed by atoms with Crippen LogP contribution in [0.5, 0.6) is 0 Å². The largest absolute Gasteiger partial charge is 0.329 e. The molecule has 1 aliphatic rings. The molecule has 0 aliphatic heterocycles. The molecule has 6 nitrogen and oxygen atoms in total. The van der Waals surface area contributed by atoms with Crippen LogP contribution in [0.1, 0.15) is 32.1 Å². The van der Waals surface area contributed by atoms with E-state index in [1.165, 1.54) is 35.6 Å². The zero-order valence-electron chi connectivity index (χ0n) is 13.9. The van der Waals surface area contributed by atoms with Crippen molar-refractivity contribution < 1.29 is 12.8 Å². The van der Waals surface area contributed by atoms with E-state index >= 15 is 0 Å². The Kier molecular flexibility index (Phi) is 5.51. The lowest BCUT2D eigenvalue weighted by molar-refractivity contribution is 0.294. The zero-order chi connectivity index (χ0) is 17.9. The first-order chi connectivity index (χ1) is 12.0. The number of para-hydroxylation sites is 1. The first kappa shape index (κ1) is 18.0. The van der Waals surface area contributed by atoms with Gasteiger partial charge in [-0.05, 0) is 30.9 Å². The first-order valence-electron chi connectivity index (χ1n) is 8.53. The van der Waals surface area contributed by atoms with Crippen molar-refractivity contribution in [3.63, 3.8) is 0 Å². The van der Waals surface area contributed by atoms with E-state index in [9.17, 15) is 12.8 Å². The number of rotatable bonds is 6. The molecule has 8 heteroatoms. The molecular weight excluding hydrogens is 343 g/mol. The van der Waals surface area contributed by atoms with Crippen LogP contribution in [0.4, 0.5) is 4.39 Å². The lowest BCUT2D eigenvalue weighted by Crippen LogP contribution is -2.45. The van der Waals surface area contributed by atoms with Gasteiger partial charge in [0.15, 0.2) is 0 Å². The molecule has 1 heterocycles. The van der Waals surface area contributed by atoms with Crippen LogP contribution in [0.25, 0.3) is 5.69 Å². The standard InChI is InChI=1S/C17H23FN4O2S/c18-15-8-4-5-9-17(15)22-12-14(11-20-22)25(23,24)21-16(10-19)13-6-2-1-3-7-13/h4-5,8-9,11-13,16,21H,1-3,6-7,10,19H2. The second-order valence-electron chi connectivity index (χ2n) is 6.43. The molecule has 136 valence electrons. The van der Waals surface area contributed by atoms with Gasteiger partial charge in [0.05, 0.1) is 12.4 Å². The minimum absolute atomic E-state index is 0.00464. The van der Waals surface area contributed by atoms with Crippen LogP contribution in [-0.4, -0.2) is 30.8 Å². The number of nitrogens with zero attached hydrogens (tertiary/aromatic N) is 2. The first-order valence-corrected chi connectivity index (χ1v) is 10.0. The highest BCUT2D eigenvalue weighted by Crippen LogP contribution is 2.27. The average molecular weight is 366 g/mol. The van der Waals surface area contributed by atoms with E-state index in [1.54, 1.807) is 12.1 Å². The fourth-order valence-corrected chi connectivity index (χ4v) is 4.60. The number of sulfonamides is 1. The predicted molar refractivity (Wildman–Crippen MR) is 93.3 cm³/mol. The van der Waals surface area contributed by atoms with E-state index in [0.29, 0.717) is 0 Å². The van der Waals surface area contributed by atoms with Gasteiger partial charge >= 0.3 is 0 Å². The van der Waals surface area contributed by atoms with Gasteiger partial charge in [0, 0.05) is 12.6 Å². The third-order valence-corrected chi connectivity index (χ3v) is 6.19. The molecule has 1 aromatic carbocycles. The molecule has 0 amide bonds. The number of nitrogens with two attached hydrogens (primary N) is 1. The quantitative estimate of drug-likeness (QED) is 0.820. The summed E-state index contributed by atoms with van der Waals surface area (Å²) in [6.07, 6.45) is 7.91. The zero-order valence-corrected chi connectivity index (χ0v) is 14.8. The average Bonchev–Trinajstić information content (AvgIpc) is 3.12. The van der Waals surface area contributed by atoms with Crippen molar-refractivity contribution in [2.24, 2.45) is 11.7 Å². The summed E-state index contributed by atoms with van der Waals surface area (Å²) in [6.45, 7) is 0.255. The Morgan fingerprint density at radius 3 is 2.68 bits per heavy atom. The van der Waals surface area contributed by atoms with Crippen molar-refractivity contribution in [1.29, 1.82) is 0 Å². The Bertz CT molecular complexity index is 816. The Labute approximate surface area is 147 Å². The Morgan fingerprint density at radius 2 is 2.00 bits per heavy atom. The highest BCUT2D eigenvalue weighted by atomic mass is 32.2. The van der Waals surface area contributed by atoms with Crippen LogP contribution in [0.3, 0.4) is 0 Å². The minimum atomic E-state index is -3.76. The van der Waals surface area contributed by atoms with Gasteiger partial charge in [-0.2, -0.15) is 5.10 Å². The lowest BCUT2D eigenvalue weighted by Gasteiger charge is -2.29. The number of hydrogen-bond acceptors (Lipinski definition) is 4. The molecule has 3 N–H and O–H groups in total. The maximum atomic E-state index is 13.8. The molecule has 1 unspecified atom stereocenters. The summed E-state index contributed by atoms with van der Waals surface area (Å²) in [5.74, 6) is -0.209. The smallest absolute Gasteiger partial charge is 0.244 e. The van der Waals surface area contributed by atoms with Crippen LogP contribution >= 0.6 is 0 Å². The monoisotopic (exact) mass is 366 g/mol. The fraction of sp³-hybridized carbons (Fsp3) is 0.471. The van der Waals surface area contributed by atoms with Crippen molar-refractivity contribution in [2.75, 3.05) is 6.54 Å². The van der Waals surface area contributed by atoms with Crippen LogP contribution in [0.15, 0.2) is 41.6 Å². The molecule has 0 radical (unpaired) electrons. The number of hydrogen-bond donors (Lipinski definition) is 2. The fourth-order valence-electron chi connectivity index (χ4n) is 3.35. The molecule has 0 bridgehead atoms. The van der Waals surface area contributed by atoms with Gasteiger partial charge < -0.3 is 5.73 Å². The molecule has 1 saturated carbocycles. The second-order valence-corrected chi connectivity index (χ2v) is 8.15. The SMILES string of the molecule is NCC(NS(=O)(=O)c1cnn(-c2ccccc2F)c1)C1CCCCC1. The van der Waals surface area contributed by atoms with Crippen molar-refractivity contribution in [3.05, 3.63) is 42.5 Å². The number of benzene rings is 1. The van der Waals surface area contributed by atoms with Gasteiger partial charge in [-0.25, -0.2) is 22.2 Å². The van der Waals surface area contributed by atoms with Gasteiger partial charge in [-0.3, -0.25) is 0 Å². The van der Waals surface area contributed by atoms with Gasteiger partial charge in [0.25, 0.3) is 0 Å². The maximum absolute atomic E-state index is 13.8. The number of aromatic nitrogens is 2. The molecule has 1 aromatic heterocycles. The van der Waals surface area contributed by atoms with Gasteiger partial charge in [0.1, 0.15) is 16.4 Å². The van der Waals surface area contributed by atoms with Gasteiger partial charge in [0.2, 0.25) is 10.0 Å². The van der Waals surface area contributed by atoms with Crippen LogP contribution in [0, 0.1) is 11.7 Å². The van der Waals surface area contributed by atoms with Crippen LogP contribution in [0.2, 0.25) is 0 Å². The molecule has 3 rings (SSSR count). The van der Waals surface area contributed by atoms with E-state index in [4.69, 9.17) is 5.73 Å². The lowest BCUT2D eigenvalue weighted by atomic mass is 9.84. The Hall–Kier alpha value is -1.77. The molecule has 1 aliphatic carbocycles. The topological polar surface area (TPSA) is 90.0 Å². The van der Waals surface area contributed by atoms with E-state index in [0.717, 1.165) is 25.7 Å². The van der Waals surface area contributed by atoms with Crippen molar-refractivity contribution in [2.45, 2.75) is 43.0 Å². The van der Waals surface area contributed by atoms with Gasteiger partial charge in [-0.15, -0.1) is 0 Å². The normalized spacial score (nSPS) is 17.5. The molecule has 1 atom stereocenters. The highest BCUT2D eigenvalue weighted by Gasteiger charge is 2.28. The number of nitrogens with one attached hydrogen (secondary N) is 1. The summed E-state index contributed by atoms with van der Waals surface area (Å²) in [6, 6.07) is 5.79.